The van der Waals surface area contributed by atoms with E-state index in [0.29, 0.717) is 19.3 Å². The van der Waals surface area contributed by atoms with Crippen molar-refractivity contribution in [3.8, 4) is 0 Å². The largest absolute Gasteiger partial charge is 0.462 e. The molecule has 6 nitrogen and oxygen atoms in total. The Morgan fingerprint density at radius 1 is 0.323 bits per heavy atom. The first kappa shape index (κ1) is 63.4. The van der Waals surface area contributed by atoms with Crippen LogP contribution in [0.3, 0.4) is 0 Å². The maximum absolute atomic E-state index is 12.8. The minimum absolute atomic E-state index is 0.0629. The van der Waals surface area contributed by atoms with Gasteiger partial charge in [0.2, 0.25) is 0 Å². The van der Waals surface area contributed by atoms with Gasteiger partial charge in [0.05, 0.1) is 0 Å². The standard InChI is InChI=1S/C59H114O6/c1-6-8-9-10-11-12-13-14-15-16-17-18-19-20-23-29-34-39-44-49-57(60)63-52-56(65-59(62)51-46-41-36-31-26-25-28-33-38-43-48-55(5)7-2)53-64-58(61)50-45-40-35-30-24-21-22-27-32-37-42-47-54(3)4/h54-56H,6-53H2,1-5H3/t55?,56-/m1/s1. The monoisotopic (exact) mass is 919 g/mol. The molecule has 0 spiro atoms. The Morgan fingerprint density at radius 2 is 0.585 bits per heavy atom. The zero-order valence-corrected chi connectivity index (χ0v) is 44.6. The van der Waals surface area contributed by atoms with Crippen LogP contribution in [0.1, 0.15) is 330 Å². The van der Waals surface area contributed by atoms with Crippen molar-refractivity contribution in [2.45, 2.75) is 336 Å². The third-order valence-corrected chi connectivity index (χ3v) is 13.8. The van der Waals surface area contributed by atoms with Gasteiger partial charge in [0.1, 0.15) is 13.2 Å². The van der Waals surface area contributed by atoms with E-state index in [1.54, 1.807) is 0 Å². The summed E-state index contributed by atoms with van der Waals surface area (Å²) in [7, 11) is 0. The van der Waals surface area contributed by atoms with Gasteiger partial charge in [-0.15, -0.1) is 0 Å². The zero-order chi connectivity index (χ0) is 47.5. The average Bonchev–Trinajstić information content (AvgIpc) is 3.29. The van der Waals surface area contributed by atoms with Crippen LogP contribution in [0.15, 0.2) is 0 Å². The summed E-state index contributed by atoms with van der Waals surface area (Å²) >= 11 is 0. The van der Waals surface area contributed by atoms with E-state index in [2.05, 4.69) is 34.6 Å². The summed E-state index contributed by atoms with van der Waals surface area (Å²) < 4.78 is 16.9. The van der Waals surface area contributed by atoms with Gasteiger partial charge < -0.3 is 14.2 Å². The second-order valence-electron chi connectivity index (χ2n) is 21.0. The average molecular weight is 920 g/mol. The highest BCUT2D eigenvalue weighted by Crippen LogP contribution is 2.19. The summed E-state index contributed by atoms with van der Waals surface area (Å²) in [5.74, 6) is 0.854. The van der Waals surface area contributed by atoms with Gasteiger partial charge in [-0.05, 0) is 31.1 Å². The van der Waals surface area contributed by atoms with Crippen LogP contribution < -0.4 is 0 Å². The molecule has 65 heavy (non-hydrogen) atoms. The molecular formula is C59H114O6. The molecule has 386 valence electrons. The van der Waals surface area contributed by atoms with Gasteiger partial charge in [-0.25, -0.2) is 0 Å². The number of esters is 3. The Kier molecular flexibility index (Phi) is 50.5. The molecule has 2 atom stereocenters. The van der Waals surface area contributed by atoms with Gasteiger partial charge in [0, 0.05) is 19.3 Å². The van der Waals surface area contributed by atoms with Crippen LogP contribution in [-0.4, -0.2) is 37.2 Å². The van der Waals surface area contributed by atoms with Crippen molar-refractivity contribution in [1.82, 2.24) is 0 Å². The second-order valence-corrected chi connectivity index (χ2v) is 21.0. The van der Waals surface area contributed by atoms with Crippen LogP contribution in [-0.2, 0) is 28.6 Å². The first-order valence-corrected chi connectivity index (χ1v) is 29.3. The van der Waals surface area contributed by atoms with Crippen LogP contribution in [0.4, 0.5) is 0 Å². The SMILES string of the molecule is CCCCCCCCCCCCCCCCCCCCCC(=O)OC[C@H](COC(=O)CCCCCCCCCCCCCC(C)C)OC(=O)CCCCCCCCCCCCC(C)CC. The lowest BCUT2D eigenvalue weighted by atomic mass is 9.99. The van der Waals surface area contributed by atoms with Gasteiger partial charge in [-0.3, -0.25) is 14.4 Å². The fourth-order valence-electron chi connectivity index (χ4n) is 9.02. The summed E-state index contributed by atoms with van der Waals surface area (Å²) in [5.41, 5.74) is 0. The Labute approximate surface area is 406 Å². The maximum Gasteiger partial charge on any atom is 0.306 e. The molecule has 0 amide bonds. The number of unbranched alkanes of at least 4 members (excludes halogenated alkanes) is 37. The maximum atomic E-state index is 12.8. The van der Waals surface area contributed by atoms with Gasteiger partial charge in [-0.2, -0.15) is 0 Å². The lowest BCUT2D eigenvalue weighted by Crippen LogP contribution is -2.30. The second kappa shape index (κ2) is 51.8. The lowest BCUT2D eigenvalue weighted by molar-refractivity contribution is -0.167. The number of ether oxygens (including phenoxy) is 3. The molecular weight excluding hydrogens is 805 g/mol. The molecule has 0 saturated heterocycles. The van der Waals surface area contributed by atoms with Crippen LogP contribution in [0.2, 0.25) is 0 Å². The van der Waals surface area contributed by atoms with E-state index in [0.717, 1.165) is 69.6 Å². The minimum Gasteiger partial charge on any atom is -0.462 e. The van der Waals surface area contributed by atoms with Crippen molar-refractivity contribution < 1.29 is 28.6 Å². The van der Waals surface area contributed by atoms with E-state index in [1.165, 1.54) is 218 Å². The Hall–Kier alpha value is -1.59. The lowest BCUT2D eigenvalue weighted by Gasteiger charge is -2.18. The highest BCUT2D eigenvalue weighted by atomic mass is 16.6. The number of rotatable bonds is 53. The molecule has 0 aliphatic rings. The van der Waals surface area contributed by atoms with E-state index >= 15 is 0 Å². The molecule has 0 heterocycles. The quantitative estimate of drug-likeness (QED) is 0.0344. The normalized spacial score (nSPS) is 12.5. The van der Waals surface area contributed by atoms with Crippen molar-refractivity contribution in [2.75, 3.05) is 13.2 Å². The smallest absolute Gasteiger partial charge is 0.306 e. The molecule has 0 aliphatic carbocycles. The van der Waals surface area contributed by atoms with E-state index in [9.17, 15) is 14.4 Å². The number of hydrogen-bond acceptors (Lipinski definition) is 6. The Bertz CT molecular complexity index is 995. The molecule has 0 aromatic carbocycles. The fourth-order valence-corrected chi connectivity index (χ4v) is 9.02. The van der Waals surface area contributed by atoms with Crippen LogP contribution in [0.5, 0.6) is 0 Å². The highest BCUT2D eigenvalue weighted by molar-refractivity contribution is 5.71. The third kappa shape index (κ3) is 51.6. The van der Waals surface area contributed by atoms with Gasteiger partial charge in [0.25, 0.3) is 0 Å². The van der Waals surface area contributed by atoms with Crippen molar-refractivity contribution in [2.24, 2.45) is 11.8 Å². The van der Waals surface area contributed by atoms with Gasteiger partial charge in [0.15, 0.2) is 6.10 Å². The molecule has 0 rings (SSSR count). The minimum atomic E-state index is -0.763. The van der Waals surface area contributed by atoms with Crippen molar-refractivity contribution in [3.05, 3.63) is 0 Å². The first-order valence-electron chi connectivity index (χ1n) is 29.3. The van der Waals surface area contributed by atoms with Crippen LogP contribution >= 0.6 is 0 Å². The van der Waals surface area contributed by atoms with Gasteiger partial charge >= 0.3 is 17.9 Å². The highest BCUT2D eigenvalue weighted by Gasteiger charge is 2.19. The van der Waals surface area contributed by atoms with Gasteiger partial charge in [-0.1, -0.05) is 291 Å². The molecule has 0 radical (unpaired) electrons. The van der Waals surface area contributed by atoms with E-state index < -0.39 is 6.10 Å². The fraction of sp³-hybridized carbons (Fsp3) is 0.949. The molecule has 0 N–H and O–H groups in total. The summed E-state index contributed by atoms with van der Waals surface area (Å²) in [5, 5.41) is 0. The molecule has 0 aromatic rings. The Balaban J connectivity index is 4.28. The number of carbonyl (C=O) groups excluding carboxylic acids is 3. The summed E-state index contributed by atoms with van der Waals surface area (Å²) in [6.07, 6.45) is 55.2. The molecule has 0 aromatic heterocycles. The summed E-state index contributed by atoms with van der Waals surface area (Å²) in [4.78, 5) is 38.1. The van der Waals surface area contributed by atoms with Crippen molar-refractivity contribution >= 4 is 17.9 Å². The Morgan fingerprint density at radius 3 is 0.877 bits per heavy atom. The van der Waals surface area contributed by atoms with Crippen LogP contribution in [0.25, 0.3) is 0 Å². The molecule has 0 aliphatic heterocycles. The molecule has 0 fully saturated rings. The topological polar surface area (TPSA) is 78.9 Å². The van der Waals surface area contributed by atoms with Crippen molar-refractivity contribution in [1.29, 1.82) is 0 Å². The van der Waals surface area contributed by atoms with Crippen LogP contribution in [0, 0.1) is 11.8 Å². The molecule has 6 heteroatoms. The van der Waals surface area contributed by atoms with Crippen molar-refractivity contribution in [3.63, 3.8) is 0 Å². The van der Waals surface area contributed by atoms with E-state index in [-0.39, 0.29) is 31.1 Å². The molecule has 1 unspecified atom stereocenters. The summed E-state index contributed by atoms with van der Waals surface area (Å²) in [6.45, 7) is 11.4. The zero-order valence-electron chi connectivity index (χ0n) is 44.6. The number of hydrogen-bond donors (Lipinski definition) is 0. The predicted octanol–water partition coefficient (Wildman–Crippen LogP) is 19.3. The number of carbonyl (C=O) groups is 3. The first-order chi connectivity index (χ1) is 31.8. The molecule has 0 bridgehead atoms. The van der Waals surface area contributed by atoms with E-state index in [4.69, 9.17) is 14.2 Å². The summed E-state index contributed by atoms with van der Waals surface area (Å²) in [6, 6.07) is 0. The van der Waals surface area contributed by atoms with E-state index in [1.807, 2.05) is 0 Å². The third-order valence-electron chi connectivity index (χ3n) is 13.8. The molecule has 0 saturated carbocycles. The predicted molar refractivity (Wildman–Crippen MR) is 280 cm³/mol.